The first kappa shape index (κ1) is 22.0. The predicted octanol–water partition coefficient (Wildman–Crippen LogP) is 3.40. The van der Waals surface area contributed by atoms with E-state index in [1.54, 1.807) is 0 Å². The Balaban J connectivity index is 1.83. The Kier molecular flexibility index (Phi) is 7.95. The molecule has 0 bridgehead atoms. The molecule has 27 heavy (non-hydrogen) atoms. The molecule has 1 aliphatic carbocycles. The third-order valence-electron chi connectivity index (χ3n) is 5.89. The maximum atomic E-state index is 12.8. The summed E-state index contributed by atoms with van der Waals surface area (Å²) in [6, 6.07) is 0.590. The van der Waals surface area contributed by atoms with Crippen LogP contribution in [0.3, 0.4) is 0 Å². The second kappa shape index (κ2) is 9.76. The number of carbonyl (C=O) groups is 2. The molecule has 1 N–H and O–H groups in total. The first-order valence-electron chi connectivity index (χ1n) is 10.6. The summed E-state index contributed by atoms with van der Waals surface area (Å²) in [6.07, 6.45) is 7.55. The number of nitrogens with one attached hydrogen (secondary N) is 1. The molecule has 0 aromatic rings. The molecule has 0 aromatic heterocycles. The normalized spacial score (nSPS) is 27.1. The number of nitrogens with zero attached hydrogens (tertiary/aromatic N) is 2. The third kappa shape index (κ3) is 7.32. The highest BCUT2D eigenvalue weighted by Crippen LogP contribution is 2.27. The summed E-state index contributed by atoms with van der Waals surface area (Å²) in [4.78, 5) is 29.0. The summed E-state index contributed by atoms with van der Waals surface area (Å²) >= 11 is 0. The van der Waals surface area contributed by atoms with Crippen LogP contribution in [0.2, 0.25) is 0 Å². The van der Waals surface area contributed by atoms with Crippen molar-refractivity contribution in [1.29, 1.82) is 0 Å². The lowest BCUT2D eigenvalue weighted by molar-refractivity contribution is -0.134. The smallest absolute Gasteiger partial charge is 0.407 e. The SMILES string of the molecule is CC1CCC(N(C)C(=O)CN2CCCCC2CNC(=O)OC(C)(C)C)CC1. The van der Waals surface area contributed by atoms with Crippen LogP contribution in [0.25, 0.3) is 0 Å². The van der Waals surface area contributed by atoms with Gasteiger partial charge in [0.1, 0.15) is 5.60 Å². The Morgan fingerprint density at radius 3 is 2.41 bits per heavy atom. The maximum absolute atomic E-state index is 12.8. The Morgan fingerprint density at radius 1 is 1.11 bits per heavy atom. The number of likely N-dealkylation sites (N-methyl/N-ethyl adjacent to an activating group) is 1. The van der Waals surface area contributed by atoms with Gasteiger partial charge in [-0.25, -0.2) is 4.79 Å². The number of alkyl carbamates (subject to hydrolysis) is 1. The molecule has 1 atom stereocenters. The molecule has 2 fully saturated rings. The Bertz CT molecular complexity index is 495. The zero-order chi connectivity index (χ0) is 20.0. The zero-order valence-electron chi connectivity index (χ0n) is 17.9. The number of amides is 2. The first-order chi connectivity index (χ1) is 12.7. The van der Waals surface area contributed by atoms with Crippen molar-refractivity contribution in [3.63, 3.8) is 0 Å². The highest BCUT2D eigenvalue weighted by atomic mass is 16.6. The van der Waals surface area contributed by atoms with E-state index in [1.165, 1.54) is 12.8 Å². The van der Waals surface area contributed by atoms with Crippen molar-refractivity contribution >= 4 is 12.0 Å². The molecule has 6 heteroatoms. The van der Waals surface area contributed by atoms with Gasteiger partial charge >= 0.3 is 6.09 Å². The van der Waals surface area contributed by atoms with E-state index in [1.807, 2.05) is 32.7 Å². The van der Waals surface area contributed by atoms with Crippen molar-refractivity contribution in [3.8, 4) is 0 Å². The average molecular weight is 382 g/mol. The lowest BCUT2D eigenvalue weighted by atomic mass is 9.87. The number of hydrogen-bond donors (Lipinski definition) is 1. The van der Waals surface area contributed by atoms with E-state index in [2.05, 4.69) is 17.1 Å². The molecule has 2 rings (SSSR count). The second-order valence-corrected chi connectivity index (χ2v) is 9.42. The van der Waals surface area contributed by atoms with Crippen LogP contribution in [-0.2, 0) is 9.53 Å². The highest BCUT2D eigenvalue weighted by molar-refractivity contribution is 5.78. The largest absolute Gasteiger partial charge is 0.444 e. The van der Waals surface area contributed by atoms with Crippen molar-refractivity contribution in [3.05, 3.63) is 0 Å². The van der Waals surface area contributed by atoms with E-state index in [0.29, 0.717) is 19.1 Å². The van der Waals surface area contributed by atoms with Crippen LogP contribution in [0.4, 0.5) is 4.79 Å². The van der Waals surface area contributed by atoms with E-state index in [-0.39, 0.29) is 18.0 Å². The molecular weight excluding hydrogens is 342 g/mol. The molecule has 1 saturated carbocycles. The van der Waals surface area contributed by atoms with Gasteiger partial charge in [0.25, 0.3) is 0 Å². The monoisotopic (exact) mass is 381 g/mol. The van der Waals surface area contributed by atoms with Crippen LogP contribution in [0.1, 0.15) is 72.6 Å². The third-order valence-corrected chi connectivity index (χ3v) is 5.89. The standard InChI is InChI=1S/C21H39N3O3/c1-16-9-11-17(12-10-16)23(5)19(25)15-24-13-7-6-8-18(24)14-22-20(26)27-21(2,3)4/h16-18H,6-15H2,1-5H3,(H,22,26). The van der Waals surface area contributed by atoms with Crippen molar-refractivity contribution in [1.82, 2.24) is 15.1 Å². The Labute approximate surface area is 165 Å². The number of carbonyl (C=O) groups excluding carboxylic acids is 2. The maximum Gasteiger partial charge on any atom is 0.407 e. The second-order valence-electron chi connectivity index (χ2n) is 9.42. The molecule has 6 nitrogen and oxygen atoms in total. The van der Waals surface area contributed by atoms with Gasteiger partial charge < -0.3 is 15.0 Å². The average Bonchev–Trinajstić information content (AvgIpc) is 2.59. The van der Waals surface area contributed by atoms with Gasteiger partial charge in [0.2, 0.25) is 5.91 Å². The van der Waals surface area contributed by atoms with Gasteiger partial charge in [-0.15, -0.1) is 0 Å². The predicted molar refractivity (Wildman–Crippen MR) is 108 cm³/mol. The summed E-state index contributed by atoms with van der Waals surface area (Å²) < 4.78 is 5.33. The van der Waals surface area contributed by atoms with Crippen LogP contribution < -0.4 is 5.32 Å². The van der Waals surface area contributed by atoms with E-state index in [0.717, 1.165) is 44.6 Å². The van der Waals surface area contributed by atoms with Crippen molar-refractivity contribution in [2.45, 2.75) is 90.3 Å². The van der Waals surface area contributed by atoms with E-state index < -0.39 is 5.60 Å². The van der Waals surface area contributed by atoms with Gasteiger partial charge in [0.05, 0.1) is 6.54 Å². The zero-order valence-corrected chi connectivity index (χ0v) is 17.9. The molecule has 0 aromatic carbocycles. The molecule has 156 valence electrons. The highest BCUT2D eigenvalue weighted by Gasteiger charge is 2.29. The summed E-state index contributed by atoms with van der Waals surface area (Å²) in [5, 5.41) is 2.88. The van der Waals surface area contributed by atoms with Crippen LogP contribution in [0.5, 0.6) is 0 Å². The number of rotatable bonds is 5. The summed E-state index contributed by atoms with van der Waals surface area (Å²) in [5.41, 5.74) is -0.494. The van der Waals surface area contributed by atoms with Gasteiger partial charge in [0, 0.05) is 25.7 Å². The Morgan fingerprint density at radius 2 is 1.78 bits per heavy atom. The van der Waals surface area contributed by atoms with Crippen molar-refractivity contribution in [2.24, 2.45) is 5.92 Å². The van der Waals surface area contributed by atoms with Crippen LogP contribution in [-0.4, -0.2) is 66.2 Å². The minimum absolute atomic E-state index is 0.204. The fourth-order valence-corrected chi connectivity index (χ4v) is 4.13. The number of likely N-dealkylation sites (tertiary alicyclic amines) is 1. The number of ether oxygens (including phenoxy) is 1. The van der Waals surface area contributed by atoms with Crippen molar-refractivity contribution in [2.75, 3.05) is 26.7 Å². The molecule has 2 amide bonds. The fraction of sp³-hybridized carbons (Fsp3) is 0.905. The summed E-state index contributed by atoms with van der Waals surface area (Å²) in [7, 11) is 1.96. The minimum atomic E-state index is -0.494. The van der Waals surface area contributed by atoms with E-state index in [9.17, 15) is 9.59 Å². The molecule has 1 unspecified atom stereocenters. The van der Waals surface area contributed by atoms with Gasteiger partial charge in [0.15, 0.2) is 0 Å². The van der Waals surface area contributed by atoms with Crippen LogP contribution in [0, 0.1) is 5.92 Å². The molecule has 0 spiro atoms. The van der Waals surface area contributed by atoms with Gasteiger partial charge in [-0.1, -0.05) is 13.3 Å². The quantitative estimate of drug-likeness (QED) is 0.793. The minimum Gasteiger partial charge on any atom is -0.444 e. The molecule has 1 heterocycles. The van der Waals surface area contributed by atoms with Gasteiger partial charge in [-0.2, -0.15) is 0 Å². The van der Waals surface area contributed by atoms with E-state index in [4.69, 9.17) is 4.74 Å². The van der Waals surface area contributed by atoms with Crippen LogP contribution in [0.15, 0.2) is 0 Å². The Hall–Kier alpha value is -1.30. The van der Waals surface area contributed by atoms with Crippen LogP contribution >= 0.6 is 0 Å². The summed E-state index contributed by atoms with van der Waals surface area (Å²) in [5.74, 6) is 0.994. The number of hydrogen-bond acceptors (Lipinski definition) is 4. The summed E-state index contributed by atoms with van der Waals surface area (Å²) in [6.45, 7) is 9.78. The topological polar surface area (TPSA) is 61.9 Å². The molecule has 0 radical (unpaired) electrons. The lowest BCUT2D eigenvalue weighted by Crippen LogP contribution is -2.52. The van der Waals surface area contributed by atoms with Gasteiger partial charge in [-0.3, -0.25) is 9.69 Å². The fourth-order valence-electron chi connectivity index (χ4n) is 4.13. The molecular formula is C21H39N3O3. The number of piperidine rings is 1. The van der Waals surface area contributed by atoms with E-state index >= 15 is 0 Å². The molecule has 1 saturated heterocycles. The first-order valence-corrected chi connectivity index (χ1v) is 10.6. The molecule has 1 aliphatic heterocycles. The van der Waals surface area contributed by atoms with Gasteiger partial charge in [-0.05, 0) is 71.8 Å². The lowest BCUT2D eigenvalue weighted by Gasteiger charge is -2.38. The molecule has 2 aliphatic rings. The van der Waals surface area contributed by atoms with Crippen molar-refractivity contribution < 1.29 is 14.3 Å².